The van der Waals surface area contributed by atoms with Crippen LogP contribution in [0, 0.1) is 6.92 Å². The minimum absolute atomic E-state index is 0.0556. The Hall–Kier alpha value is -1.29. The third-order valence-corrected chi connectivity index (χ3v) is 3.18. The van der Waals surface area contributed by atoms with E-state index in [4.69, 9.17) is 5.73 Å². The Morgan fingerprint density at radius 3 is 2.85 bits per heavy atom. The van der Waals surface area contributed by atoms with Crippen molar-refractivity contribution in [1.82, 2.24) is 4.57 Å². The number of anilines is 1. The number of fused-ring (bicyclic) bond motifs is 1. The monoisotopic (exact) mass is 194 g/mol. The van der Waals surface area contributed by atoms with Crippen LogP contribution in [0.2, 0.25) is 0 Å². The van der Waals surface area contributed by atoms with Crippen molar-refractivity contribution in [1.29, 1.82) is 0 Å². The molecule has 0 fully saturated rings. The first-order valence-electron chi connectivity index (χ1n) is 3.95. The van der Waals surface area contributed by atoms with Gasteiger partial charge in [-0.05, 0) is 24.6 Å². The van der Waals surface area contributed by atoms with Crippen molar-refractivity contribution in [2.24, 2.45) is 7.05 Å². The molecule has 0 saturated carbocycles. The van der Waals surface area contributed by atoms with Crippen LogP contribution in [-0.4, -0.2) is 4.57 Å². The van der Waals surface area contributed by atoms with Gasteiger partial charge in [-0.25, -0.2) is 0 Å². The molecular formula is C9H10N2OS. The molecule has 2 aromatic rings. The van der Waals surface area contributed by atoms with Crippen molar-refractivity contribution in [3.8, 4) is 0 Å². The Bertz CT molecular complexity index is 524. The van der Waals surface area contributed by atoms with E-state index in [1.807, 2.05) is 19.1 Å². The molecule has 0 aliphatic carbocycles. The van der Waals surface area contributed by atoms with Crippen molar-refractivity contribution in [3.63, 3.8) is 0 Å². The number of aryl methyl sites for hydroxylation is 2. The van der Waals surface area contributed by atoms with E-state index in [9.17, 15) is 4.79 Å². The van der Waals surface area contributed by atoms with Gasteiger partial charge in [-0.2, -0.15) is 0 Å². The summed E-state index contributed by atoms with van der Waals surface area (Å²) in [5, 5.41) is 0. The number of nitrogens with zero attached hydrogens (tertiary/aromatic N) is 1. The van der Waals surface area contributed by atoms with Gasteiger partial charge in [0.25, 0.3) is 0 Å². The van der Waals surface area contributed by atoms with Crippen LogP contribution < -0.4 is 10.6 Å². The van der Waals surface area contributed by atoms with Crippen molar-refractivity contribution in [2.75, 3.05) is 5.73 Å². The molecule has 68 valence electrons. The SMILES string of the molecule is Cc1cc2c(cc1N)sc(=O)n2C. The summed E-state index contributed by atoms with van der Waals surface area (Å²) in [6, 6.07) is 3.80. The maximum atomic E-state index is 11.3. The summed E-state index contributed by atoms with van der Waals surface area (Å²) < 4.78 is 2.60. The lowest BCUT2D eigenvalue weighted by Gasteiger charge is -2.00. The zero-order valence-electron chi connectivity index (χ0n) is 7.50. The molecule has 1 aromatic carbocycles. The molecular weight excluding hydrogens is 184 g/mol. The quantitative estimate of drug-likeness (QED) is 0.646. The van der Waals surface area contributed by atoms with Crippen LogP contribution in [-0.2, 0) is 7.05 Å². The number of thiazole rings is 1. The van der Waals surface area contributed by atoms with Gasteiger partial charge in [-0.15, -0.1) is 0 Å². The van der Waals surface area contributed by atoms with Crippen molar-refractivity contribution >= 4 is 27.2 Å². The minimum atomic E-state index is 0.0556. The topological polar surface area (TPSA) is 48.0 Å². The summed E-state index contributed by atoms with van der Waals surface area (Å²) in [5.74, 6) is 0. The first-order chi connectivity index (χ1) is 6.09. The Balaban J connectivity index is 2.97. The molecule has 2 N–H and O–H groups in total. The summed E-state index contributed by atoms with van der Waals surface area (Å²) in [6.45, 7) is 1.94. The van der Waals surface area contributed by atoms with Crippen molar-refractivity contribution in [3.05, 3.63) is 27.4 Å². The van der Waals surface area contributed by atoms with Gasteiger partial charge in [0, 0.05) is 12.7 Å². The van der Waals surface area contributed by atoms with Crippen LogP contribution in [0.15, 0.2) is 16.9 Å². The van der Waals surface area contributed by atoms with E-state index < -0.39 is 0 Å². The third kappa shape index (κ3) is 1.14. The van der Waals surface area contributed by atoms with E-state index in [0.717, 1.165) is 21.5 Å². The Morgan fingerprint density at radius 1 is 1.46 bits per heavy atom. The fourth-order valence-electron chi connectivity index (χ4n) is 1.29. The van der Waals surface area contributed by atoms with Gasteiger partial charge in [0.05, 0.1) is 10.2 Å². The zero-order valence-corrected chi connectivity index (χ0v) is 8.31. The first kappa shape index (κ1) is 8.31. The summed E-state index contributed by atoms with van der Waals surface area (Å²) in [4.78, 5) is 11.4. The highest BCUT2D eigenvalue weighted by Crippen LogP contribution is 2.22. The number of rotatable bonds is 0. The number of nitrogen functional groups attached to an aromatic ring is 1. The number of hydrogen-bond acceptors (Lipinski definition) is 3. The molecule has 0 aliphatic rings. The predicted molar refractivity (Wildman–Crippen MR) is 56.2 cm³/mol. The molecule has 0 amide bonds. The van der Waals surface area contributed by atoms with E-state index in [1.165, 1.54) is 11.3 Å². The molecule has 0 radical (unpaired) electrons. The van der Waals surface area contributed by atoms with Gasteiger partial charge >= 0.3 is 4.87 Å². The normalized spacial score (nSPS) is 10.9. The molecule has 0 unspecified atom stereocenters. The molecule has 4 heteroatoms. The van der Waals surface area contributed by atoms with Crippen LogP contribution in [0.1, 0.15) is 5.56 Å². The standard InChI is InChI=1S/C9H10N2OS/c1-5-3-7-8(4-6(5)10)13-9(12)11(7)2/h3-4H,10H2,1-2H3. The van der Waals surface area contributed by atoms with Crippen LogP contribution in [0.5, 0.6) is 0 Å². The molecule has 1 heterocycles. The number of aromatic nitrogens is 1. The van der Waals surface area contributed by atoms with Gasteiger partial charge in [-0.1, -0.05) is 11.3 Å². The zero-order chi connectivity index (χ0) is 9.59. The predicted octanol–water partition coefficient (Wildman–Crippen LogP) is 1.49. The van der Waals surface area contributed by atoms with E-state index >= 15 is 0 Å². The fourth-order valence-corrected chi connectivity index (χ4v) is 2.20. The second kappa shape index (κ2) is 2.60. The van der Waals surface area contributed by atoms with Crippen LogP contribution in [0.3, 0.4) is 0 Å². The summed E-state index contributed by atoms with van der Waals surface area (Å²) >= 11 is 1.23. The van der Waals surface area contributed by atoms with Gasteiger partial charge in [0.2, 0.25) is 0 Å². The van der Waals surface area contributed by atoms with Gasteiger partial charge in [0.15, 0.2) is 0 Å². The second-order valence-corrected chi connectivity index (χ2v) is 4.10. The van der Waals surface area contributed by atoms with Gasteiger partial charge in [-0.3, -0.25) is 4.79 Å². The highest BCUT2D eigenvalue weighted by atomic mass is 32.1. The molecule has 0 spiro atoms. The molecule has 0 atom stereocenters. The molecule has 0 bridgehead atoms. The maximum Gasteiger partial charge on any atom is 0.307 e. The van der Waals surface area contributed by atoms with Gasteiger partial charge in [0.1, 0.15) is 0 Å². The average molecular weight is 194 g/mol. The van der Waals surface area contributed by atoms with Gasteiger partial charge < -0.3 is 10.3 Å². The lowest BCUT2D eigenvalue weighted by atomic mass is 10.2. The Morgan fingerprint density at radius 2 is 2.15 bits per heavy atom. The fraction of sp³-hybridized carbons (Fsp3) is 0.222. The molecule has 1 aromatic heterocycles. The number of hydrogen-bond donors (Lipinski definition) is 1. The average Bonchev–Trinajstić information content (AvgIpc) is 2.32. The molecule has 0 saturated heterocycles. The number of benzene rings is 1. The molecule has 2 rings (SSSR count). The maximum absolute atomic E-state index is 11.3. The highest BCUT2D eigenvalue weighted by Gasteiger charge is 2.05. The lowest BCUT2D eigenvalue weighted by molar-refractivity contribution is 0.938. The van der Waals surface area contributed by atoms with E-state index in [1.54, 1.807) is 11.6 Å². The van der Waals surface area contributed by atoms with E-state index in [-0.39, 0.29) is 4.87 Å². The third-order valence-electron chi connectivity index (χ3n) is 2.18. The highest BCUT2D eigenvalue weighted by molar-refractivity contribution is 7.16. The molecule has 3 nitrogen and oxygen atoms in total. The van der Waals surface area contributed by atoms with Crippen LogP contribution >= 0.6 is 11.3 Å². The van der Waals surface area contributed by atoms with E-state index in [2.05, 4.69) is 0 Å². The summed E-state index contributed by atoms with van der Waals surface area (Å²) in [6.07, 6.45) is 0. The number of nitrogens with two attached hydrogens (primary N) is 1. The van der Waals surface area contributed by atoms with Crippen LogP contribution in [0.25, 0.3) is 10.2 Å². The Labute approximate surface area is 79.4 Å². The summed E-state index contributed by atoms with van der Waals surface area (Å²) in [5.41, 5.74) is 8.46. The molecule has 13 heavy (non-hydrogen) atoms. The summed E-state index contributed by atoms with van der Waals surface area (Å²) in [7, 11) is 1.77. The van der Waals surface area contributed by atoms with Crippen molar-refractivity contribution < 1.29 is 0 Å². The van der Waals surface area contributed by atoms with E-state index in [0.29, 0.717) is 0 Å². The van der Waals surface area contributed by atoms with Crippen molar-refractivity contribution in [2.45, 2.75) is 6.92 Å². The minimum Gasteiger partial charge on any atom is -0.398 e. The van der Waals surface area contributed by atoms with Crippen LogP contribution in [0.4, 0.5) is 5.69 Å². The Kier molecular flexibility index (Phi) is 1.66. The molecule has 0 aliphatic heterocycles. The smallest absolute Gasteiger partial charge is 0.307 e. The second-order valence-electron chi connectivity index (χ2n) is 3.10. The largest absolute Gasteiger partial charge is 0.398 e. The lowest BCUT2D eigenvalue weighted by Crippen LogP contribution is -2.06. The first-order valence-corrected chi connectivity index (χ1v) is 4.77.